The van der Waals surface area contributed by atoms with Crippen LogP contribution in [0.1, 0.15) is 18.4 Å². The number of benzene rings is 2. The maximum Gasteiger partial charge on any atom is 0.229 e. The van der Waals surface area contributed by atoms with E-state index < -0.39 is 0 Å². The van der Waals surface area contributed by atoms with Crippen LogP contribution >= 0.6 is 0 Å². The minimum absolute atomic E-state index is 0.0631. The normalized spacial score (nSPS) is 18.6. The van der Waals surface area contributed by atoms with E-state index in [-0.39, 0.29) is 11.8 Å². The van der Waals surface area contributed by atoms with Crippen molar-refractivity contribution < 1.29 is 9.53 Å². The molecule has 7 heteroatoms. The van der Waals surface area contributed by atoms with Crippen molar-refractivity contribution in [3.8, 4) is 11.3 Å². The Labute approximate surface area is 200 Å². The third kappa shape index (κ3) is 5.20. The Hall–Kier alpha value is -3.45. The van der Waals surface area contributed by atoms with Gasteiger partial charge < -0.3 is 19.9 Å². The van der Waals surface area contributed by atoms with Gasteiger partial charge in [0.2, 0.25) is 5.91 Å². The highest BCUT2D eigenvalue weighted by Gasteiger charge is 2.27. The van der Waals surface area contributed by atoms with Crippen molar-refractivity contribution in [1.82, 2.24) is 10.2 Å². The number of morpholine rings is 1. The van der Waals surface area contributed by atoms with Crippen LogP contribution in [0.5, 0.6) is 0 Å². The molecule has 0 spiro atoms. The van der Waals surface area contributed by atoms with Gasteiger partial charge in [-0.25, -0.2) is 0 Å². The van der Waals surface area contributed by atoms with E-state index in [1.54, 1.807) is 0 Å². The van der Waals surface area contributed by atoms with Gasteiger partial charge in [-0.15, -0.1) is 10.2 Å². The molecule has 176 valence electrons. The van der Waals surface area contributed by atoms with E-state index in [9.17, 15) is 4.79 Å². The lowest BCUT2D eigenvalue weighted by molar-refractivity contribution is -0.120. The van der Waals surface area contributed by atoms with Gasteiger partial charge in [-0.05, 0) is 62.2 Å². The molecule has 1 amide bonds. The van der Waals surface area contributed by atoms with Gasteiger partial charge in [0.05, 0.1) is 24.8 Å². The van der Waals surface area contributed by atoms with Crippen LogP contribution in [0.3, 0.4) is 0 Å². The number of hydrogen-bond acceptors (Lipinski definition) is 6. The fraction of sp³-hybridized carbons (Fsp3) is 0.370. The summed E-state index contributed by atoms with van der Waals surface area (Å²) in [7, 11) is 0. The molecule has 7 nitrogen and oxygen atoms in total. The number of carbonyl (C=O) groups is 1. The molecule has 3 aromatic rings. The van der Waals surface area contributed by atoms with Gasteiger partial charge >= 0.3 is 0 Å². The number of amides is 1. The van der Waals surface area contributed by atoms with Crippen molar-refractivity contribution in [2.45, 2.75) is 19.8 Å². The summed E-state index contributed by atoms with van der Waals surface area (Å²) in [4.78, 5) is 17.5. The highest BCUT2D eigenvalue weighted by atomic mass is 16.5. The molecule has 1 atom stereocenters. The number of aryl methyl sites for hydroxylation is 1. The fourth-order valence-electron chi connectivity index (χ4n) is 4.67. The molecule has 5 rings (SSSR count). The van der Waals surface area contributed by atoms with Crippen LogP contribution in [-0.2, 0) is 9.53 Å². The molecule has 0 radical (unpaired) electrons. The van der Waals surface area contributed by atoms with Crippen molar-refractivity contribution in [1.29, 1.82) is 0 Å². The van der Waals surface area contributed by atoms with Crippen molar-refractivity contribution in [3.63, 3.8) is 0 Å². The van der Waals surface area contributed by atoms with E-state index in [1.165, 1.54) is 5.56 Å². The summed E-state index contributed by atoms with van der Waals surface area (Å²) in [5.41, 5.74) is 5.12. The number of nitrogens with zero attached hydrogens (tertiary/aromatic N) is 4. The van der Waals surface area contributed by atoms with Gasteiger partial charge in [0, 0.05) is 43.1 Å². The number of carbonyl (C=O) groups excluding carboxylic acids is 1. The first-order chi connectivity index (χ1) is 16.7. The monoisotopic (exact) mass is 457 g/mol. The molecule has 0 saturated carbocycles. The largest absolute Gasteiger partial charge is 0.378 e. The van der Waals surface area contributed by atoms with Crippen LogP contribution in [-0.4, -0.2) is 55.5 Å². The zero-order valence-corrected chi connectivity index (χ0v) is 19.6. The number of rotatable bonds is 5. The second kappa shape index (κ2) is 10.2. The summed E-state index contributed by atoms with van der Waals surface area (Å²) in [6.07, 6.45) is 1.83. The van der Waals surface area contributed by atoms with E-state index >= 15 is 0 Å². The smallest absolute Gasteiger partial charge is 0.229 e. The van der Waals surface area contributed by atoms with Gasteiger partial charge in [0.15, 0.2) is 5.82 Å². The summed E-state index contributed by atoms with van der Waals surface area (Å²) in [5.74, 6) is 0.808. The lowest BCUT2D eigenvalue weighted by Gasteiger charge is -2.32. The highest BCUT2D eigenvalue weighted by Crippen LogP contribution is 2.25. The summed E-state index contributed by atoms with van der Waals surface area (Å²) in [5, 5.41) is 12.0. The third-order valence-electron chi connectivity index (χ3n) is 6.59. The molecular weight excluding hydrogens is 426 g/mol. The second-order valence-electron chi connectivity index (χ2n) is 9.07. The number of ether oxygens (including phenoxy) is 1. The fourth-order valence-corrected chi connectivity index (χ4v) is 4.67. The Morgan fingerprint density at radius 3 is 2.53 bits per heavy atom. The molecule has 2 aliphatic heterocycles. The zero-order chi connectivity index (χ0) is 23.3. The van der Waals surface area contributed by atoms with Crippen molar-refractivity contribution in [2.24, 2.45) is 5.92 Å². The molecular formula is C27H31N5O2. The summed E-state index contributed by atoms with van der Waals surface area (Å²) in [6.45, 7) is 6.93. The minimum atomic E-state index is -0.0779. The SMILES string of the molecule is Cc1cccc(-c2ccc(N3CCC[C@@H](C(=O)Nc4ccc(N5CCOCC5)cc4)C3)nn2)c1. The van der Waals surface area contributed by atoms with Crippen LogP contribution < -0.4 is 15.1 Å². The Kier molecular flexibility index (Phi) is 6.72. The minimum Gasteiger partial charge on any atom is -0.378 e. The summed E-state index contributed by atoms with van der Waals surface area (Å²) < 4.78 is 5.42. The average molecular weight is 458 g/mol. The first-order valence-electron chi connectivity index (χ1n) is 12.0. The highest BCUT2D eigenvalue weighted by molar-refractivity contribution is 5.93. The molecule has 1 aromatic heterocycles. The van der Waals surface area contributed by atoms with E-state index in [0.29, 0.717) is 6.54 Å². The van der Waals surface area contributed by atoms with Gasteiger partial charge in [0.25, 0.3) is 0 Å². The first kappa shape index (κ1) is 22.3. The molecule has 2 aromatic carbocycles. The van der Waals surface area contributed by atoms with Gasteiger partial charge in [-0.3, -0.25) is 4.79 Å². The van der Waals surface area contributed by atoms with Crippen molar-refractivity contribution in [3.05, 3.63) is 66.2 Å². The standard InChI is InChI=1S/C27H31N5O2/c1-20-4-2-5-21(18-20)25-11-12-26(30-29-25)32-13-3-6-22(19-32)27(33)28-23-7-9-24(10-8-23)31-14-16-34-17-15-31/h2,4-5,7-12,18,22H,3,6,13-17,19H2,1H3,(H,28,33)/t22-/m1/s1. The average Bonchev–Trinajstić information content (AvgIpc) is 2.90. The Morgan fingerprint density at radius 2 is 1.79 bits per heavy atom. The number of piperidine rings is 1. The van der Waals surface area contributed by atoms with Gasteiger partial charge in [-0.1, -0.05) is 23.8 Å². The molecule has 2 fully saturated rings. The Bertz CT molecular complexity index is 1110. The lowest BCUT2D eigenvalue weighted by atomic mass is 9.97. The van der Waals surface area contributed by atoms with E-state index in [1.807, 2.05) is 36.4 Å². The topological polar surface area (TPSA) is 70.6 Å². The Morgan fingerprint density at radius 1 is 0.971 bits per heavy atom. The van der Waals surface area contributed by atoms with Crippen LogP contribution in [0, 0.1) is 12.8 Å². The van der Waals surface area contributed by atoms with E-state index in [2.05, 4.69) is 56.5 Å². The van der Waals surface area contributed by atoms with Gasteiger partial charge in [-0.2, -0.15) is 0 Å². The summed E-state index contributed by atoms with van der Waals surface area (Å²) >= 11 is 0. The molecule has 2 saturated heterocycles. The predicted molar refractivity (Wildman–Crippen MR) is 135 cm³/mol. The maximum absolute atomic E-state index is 13.0. The molecule has 1 N–H and O–H groups in total. The number of nitrogens with one attached hydrogen (secondary N) is 1. The molecule has 0 aliphatic carbocycles. The first-order valence-corrected chi connectivity index (χ1v) is 12.0. The van der Waals surface area contributed by atoms with Crippen molar-refractivity contribution >= 4 is 23.1 Å². The number of aromatic nitrogens is 2. The Balaban J connectivity index is 1.19. The molecule has 2 aliphatic rings. The molecule has 0 bridgehead atoms. The van der Waals surface area contributed by atoms with Crippen LogP contribution in [0.15, 0.2) is 60.7 Å². The molecule has 34 heavy (non-hydrogen) atoms. The van der Waals surface area contributed by atoms with E-state index in [4.69, 9.17) is 4.74 Å². The lowest BCUT2D eigenvalue weighted by Crippen LogP contribution is -2.41. The van der Waals surface area contributed by atoms with Crippen molar-refractivity contribution in [2.75, 3.05) is 54.5 Å². The molecule has 0 unspecified atom stereocenters. The second-order valence-corrected chi connectivity index (χ2v) is 9.07. The summed E-state index contributed by atoms with van der Waals surface area (Å²) in [6, 6.07) is 20.4. The van der Waals surface area contributed by atoms with Crippen LogP contribution in [0.25, 0.3) is 11.3 Å². The number of anilines is 3. The van der Waals surface area contributed by atoms with Crippen LogP contribution in [0.2, 0.25) is 0 Å². The third-order valence-corrected chi connectivity index (χ3v) is 6.59. The quantitative estimate of drug-likeness (QED) is 0.621. The van der Waals surface area contributed by atoms with Crippen LogP contribution in [0.4, 0.5) is 17.2 Å². The zero-order valence-electron chi connectivity index (χ0n) is 19.6. The van der Waals surface area contributed by atoms with E-state index in [0.717, 1.165) is 74.1 Å². The van der Waals surface area contributed by atoms with Gasteiger partial charge in [0.1, 0.15) is 0 Å². The molecule has 3 heterocycles. The number of hydrogen-bond donors (Lipinski definition) is 1. The predicted octanol–water partition coefficient (Wildman–Crippen LogP) is 4.14. The maximum atomic E-state index is 13.0.